The molecule has 2 aromatic carbocycles. The number of halogens is 2. The van der Waals surface area contributed by atoms with Crippen LogP contribution in [0.25, 0.3) is 0 Å². The van der Waals surface area contributed by atoms with Gasteiger partial charge in [0.25, 0.3) is 0 Å². The highest BCUT2D eigenvalue weighted by Gasteiger charge is 2.26. The Labute approximate surface area is 175 Å². The minimum Gasteiger partial charge on any atom is -0.369 e. The first-order valence-corrected chi connectivity index (χ1v) is 9.97. The zero-order chi connectivity index (χ0) is 20.3. The van der Waals surface area contributed by atoms with Gasteiger partial charge >= 0.3 is 0 Å². The summed E-state index contributed by atoms with van der Waals surface area (Å²) in [6, 6.07) is 12.5. The normalized spacial score (nSPS) is 15.9. The molecule has 3 rings (SSSR count). The van der Waals surface area contributed by atoms with Crippen molar-refractivity contribution in [3.8, 4) is 0 Å². The van der Waals surface area contributed by atoms with Gasteiger partial charge in [-0.25, -0.2) is 0 Å². The van der Waals surface area contributed by atoms with Crippen LogP contribution < -0.4 is 10.2 Å². The maximum absolute atomic E-state index is 12.7. The average Bonchev–Trinajstić information content (AvgIpc) is 2.70. The van der Waals surface area contributed by atoms with Gasteiger partial charge in [-0.3, -0.25) is 14.5 Å². The van der Waals surface area contributed by atoms with Crippen molar-refractivity contribution in [1.29, 1.82) is 0 Å². The van der Waals surface area contributed by atoms with Crippen molar-refractivity contribution >= 4 is 46.3 Å². The molecular formula is C21H23Cl2N3O2. The first-order valence-electron chi connectivity index (χ1n) is 9.21. The lowest BCUT2D eigenvalue weighted by Crippen LogP contribution is -2.52. The van der Waals surface area contributed by atoms with Crippen molar-refractivity contribution in [2.75, 3.05) is 36.4 Å². The standard InChI is InChI=1S/C21H23Cl2N3O2/c1-14(21(28)24-20-18(22)4-3-5-19(20)23)25-10-12-26(13-11-25)17-8-6-16(7-9-17)15(2)27/h3-9,14H,10-13H2,1-2H3,(H,24,28)/t14-/m1/s1. The highest BCUT2D eigenvalue weighted by atomic mass is 35.5. The Bertz CT molecular complexity index is 842. The van der Waals surface area contributed by atoms with Gasteiger partial charge in [-0.1, -0.05) is 29.3 Å². The van der Waals surface area contributed by atoms with Gasteiger partial charge in [0.1, 0.15) is 0 Å². The molecule has 0 saturated carbocycles. The molecule has 1 saturated heterocycles. The van der Waals surface area contributed by atoms with E-state index in [1.165, 1.54) is 0 Å². The molecule has 1 aliphatic heterocycles. The van der Waals surface area contributed by atoms with Crippen LogP contribution >= 0.6 is 23.2 Å². The van der Waals surface area contributed by atoms with Crippen LogP contribution in [0.3, 0.4) is 0 Å². The summed E-state index contributed by atoms with van der Waals surface area (Å²) < 4.78 is 0. The SMILES string of the molecule is CC(=O)c1ccc(N2CCN([C@H](C)C(=O)Nc3c(Cl)cccc3Cl)CC2)cc1. The number of piperazine rings is 1. The van der Waals surface area contributed by atoms with E-state index in [0.717, 1.165) is 31.9 Å². The molecule has 0 unspecified atom stereocenters. The number of rotatable bonds is 5. The molecule has 1 amide bonds. The Morgan fingerprint density at radius 1 is 0.964 bits per heavy atom. The molecule has 0 spiro atoms. The van der Waals surface area contributed by atoms with Crippen LogP contribution in [0.2, 0.25) is 10.0 Å². The number of para-hydroxylation sites is 1. The zero-order valence-corrected chi connectivity index (χ0v) is 17.4. The summed E-state index contributed by atoms with van der Waals surface area (Å²) >= 11 is 12.3. The van der Waals surface area contributed by atoms with E-state index in [4.69, 9.17) is 23.2 Å². The Morgan fingerprint density at radius 3 is 2.07 bits per heavy atom. The summed E-state index contributed by atoms with van der Waals surface area (Å²) in [6.07, 6.45) is 0. The van der Waals surface area contributed by atoms with E-state index >= 15 is 0 Å². The first kappa shape index (κ1) is 20.6. The Kier molecular flexibility index (Phi) is 6.60. The highest BCUT2D eigenvalue weighted by Crippen LogP contribution is 2.30. The van der Waals surface area contributed by atoms with Crippen LogP contribution in [0.1, 0.15) is 24.2 Å². The van der Waals surface area contributed by atoms with Gasteiger partial charge in [-0.15, -0.1) is 0 Å². The number of ketones is 1. The number of carbonyl (C=O) groups excluding carboxylic acids is 2. The lowest BCUT2D eigenvalue weighted by Gasteiger charge is -2.38. The lowest BCUT2D eigenvalue weighted by molar-refractivity contribution is -0.120. The van der Waals surface area contributed by atoms with E-state index < -0.39 is 0 Å². The molecule has 0 aromatic heterocycles. The van der Waals surface area contributed by atoms with Gasteiger partial charge < -0.3 is 10.2 Å². The molecule has 1 N–H and O–H groups in total. The predicted molar refractivity (Wildman–Crippen MR) is 115 cm³/mol. The summed E-state index contributed by atoms with van der Waals surface area (Å²) in [5.41, 5.74) is 2.25. The van der Waals surface area contributed by atoms with Gasteiger partial charge in [0.05, 0.1) is 21.8 Å². The van der Waals surface area contributed by atoms with Crippen molar-refractivity contribution in [1.82, 2.24) is 4.90 Å². The molecule has 1 aliphatic rings. The highest BCUT2D eigenvalue weighted by molar-refractivity contribution is 6.39. The molecule has 0 bridgehead atoms. The topological polar surface area (TPSA) is 52.7 Å². The van der Waals surface area contributed by atoms with Crippen molar-refractivity contribution < 1.29 is 9.59 Å². The summed E-state index contributed by atoms with van der Waals surface area (Å²) in [7, 11) is 0. The van der Waals surface area contributed by atoms with Gasteiger partial charge in [0.15, 0.2) is 5.78 Å². The molecule has 1 atom stereocenters. The number of hydrogen-bond acceptors (Lipinski definition) is 4. The third-order valence-electron chi connectivity index (χ3n) is 5.09. The van der Waals surface area contributed by atoms with Crippen molar-refractivity contribution in [3.05, 3.63) is 58.1 Å². The van der Waals surface area contributed by atoms with Gasteiger partial charge in [0, 0.05) is 37.4 Å². The molecule has 5 nitrogen and oxygen atoms in total. The van der Waals surface area contributed by atoms with Crippen molar-refractivity contribution in [2.45, 2.75) is 19.9 Å². The van der Waals surface area contributed by atoms with Crippen LogP contribution in [0, 0.1) is 0 Å². The second-order valence-electron chi connectivity index (χ2n) is 6.89. The van der Waals surface area contributed by atoms with E-state index in [1.807, 2.05) is 31.2 Å². The monoisotopic (exact) mass is 419 g/mol. The fraction of sp³-hybridized carbons (Fsp3) is 0.333. The molecule has 1 heterocycles. The third kappa shape index (κ3) is 4.66. The van der Waals surface area contributed by atoms with E-state index in [-0.39, 0.29) is 17.7 Å². The maximum atomic E-state index is 12.7. The Balaban J connectivity index is 1.58. The van der Waals surface area contributed by atoms with E-state index in [9.17, 15) is 9.59 Å². The van der Waals surface area contributed by atoms with Crippen molar-refractivity contribution in [2.24, 2.45) is 0 Å². The zero-order valence-electron chi connectivity index (χ0n) is 15.9. The number of hydrogen-bond donors (Lipinski definition) is 1. The number of Topliss-reactive ketones (excluding diaryl/α,β-unsaturated/α-hetero) is 1. The number of nitrogens with one attached hydrogen (secondary N) is 1. The van der Waals surface area contributed by atoms with Crippen LogP contribution in [-0.4, -0.2) is 48.8 Å². The van der Waals surface area contributed by atoms with Crippen molar-refractivity contribution in [3.63, 3.8) is 0 Å². The van der Waals surface area contributed by atoms with E-state index in [1.54, 1.807) is 25.1 Å². The second-order valence-corrected chi connectivity index (χ2v) is 7.70. The van der Waals surface area contributed by atoms with Gasteiger partial charge in [-0.2, -0.15) is 0 Å². The number of nitrogens with zero attached hydrogens (tertiary/aromatic N) is 2. The smallest absolute Gasteiger partial charge is 0.241 e. The molecule has 0 radical (unpaired) electrons. The average molecular weight is 420 g/mol. The first-order chi connectivity index (χ1) is 13.4. The van der Waals surface area contributed by atoms with Gasteiger partial charge in [-0.05, 0) is 50.2 Å². The maximum Gasteiger partial charge on any atom is 0.241 e. The fourth-order valence-electron chi connectivity index (χ4n) is 3.29. The summed E-state index contributed by atoms with van der Waals surface area (Å²) in [4.78, 5) is 28.5. The van der Waals surface area contributed by atoms with E-state index in [2.05, 4.69) is 15.1 Å². The number of amides is 1. The Hall–Kier alpha value is -2.08. The summed E-state index contributed by atoms with van der Waals surface area (Å²) in [6.45, 7) is 6.60. The number of anilines is 2. The second kappa shape index (κ2) is 8.95. The van der Waals surface area contributed by atoms with Crippen LogP contribution in [0.15, 0.2) is 42.5 Å². The molecule has 148 valence electrons. The molecule has 7 heteroatoms. The summed E-state index contributed by atoms with van der Waals surface area (Å²) in [5.74, 6) is -0.0657. The third-order valence-corrected chi connectivity index (χ3v) is 5.72. The molecule has 2 aromatic rings. The van der Waals surface area contributed by atoms with Crippen LogP contribution in [-0.2, 0) is 4.79 Å². The molecule has 28 heavy (non-hydrogen) atoms. The van der Waals surface area contributed by atoms with Gasteiger partial charge in [0.2, 0.25) is 5.91 Å². The lowest BCUT2D eigenvalue weighted by atomic mass is 10.1. The fourth-order valence-corrected chi connectivity index (χ4v) is 3.78. The molecular weight excluding hydrogens is 397 g/mol. The minimum atomic E-state index is -0.297. The number of carbonyl (C=O) groups is 2. The molecule has 1 fully saturated rings. The predicted octanol–water partition coefficient (Wildman–Crippen LogP) is 4.35. The van der Waals surface area contributed by atoms with Crippen LogP contribution in [0.4, 0.5) is 11.4 Å². The minimum absolute atomic E-state index is 0.0647. The largest absolute Gasteiger partial charge is 0.369 e. The Morgan fingerprint density at radius 2 is 1.54 bits per heavy atom. The summed E-state index contributed by atoms with van der Waals surface area (Å²) in [5, 5.41) is 3.69. The number of benzene rings is 2. The van der Waals surface area contributed by atoms with Crippen LogP contribution in [0.5, 0.6) is 0 Å². The van der Waals surface area contributed by atoms with E-state index in [0.29, 0.717) is 21.3 Å². The quantitative estimate of drug-likeness (QED) is 0.731. The molecule has 0 aliphatic carbocycles.